The molecule has 0 saturated carbocycles. The quantitative estimate of drug-likeness (QED) is 0.636. The Hall–Kier alpha value is -2.48. The van der Waals surface area contributed by atoms with E-state index in [2.05, 4.69) is 10.3 Å². The van der Waals surface area contributed by atoms with Crippen LogP contribution >= 0.6 is 11.3 Å². The van der Waals surface area contributed by atoms with Crippen LogP contribution in [0.1, 0.15) is 34.9 Å². The number of aryl methyl sites for hydroxylation is 4. The van der Waals surface area contributed by atoms with Crippen molar-refractivity contribution >= 4 is 17.2 Å². The minimum atomic E-state index is 0.0156. The Morgan fingerprint density at radius 2 is 2.29 bits per heavy atom. The van der Waals surface area contributed by atoms with Crippen LogP contribution in [0.4, 0.5) is 0 Å². The maximum Gasteiger partial charge on any atom is 0.225 e. The second-order valence-corrected chi connectivity index (χ2v) is 8.49. The molecule has 0 spiro atoms. The lowest BCUT2D eigenvalue weighted by Crippen LogP contribution is -2.36. The number of carbonyl (C=O) groups is 1. The molecule has 1 atom stereocenters. The van der Waals surface area contributed by atoms with Gasteiger partial charge in [-0.1, -0.05) is 5.16 Å². The van der Waals surface area contributed by atoms with E-state index >= 15 is 0 Å². The molecule has 1 unspecified atom stereocenters. The molecule has 1 amide bonds. The second kappa shape index (κ2) is 7.87. The van der Waals surface area contributed by atoms with Crippen LogP contribution in [0, 0.1) is 19.8 Å². The number of hydrogen-bond donors (Lipinski definition) is 0. The number of fused-ring (bicyclic) bond motifs is 1. The summed E-state index contributed by atoms with van der Waals surface area (Å²) in [4.78, 5) is 20.9. The van der Waals surface area contributed by atoms with Crippen LogP contribution in [0.5, 0.6) is 0 Å². The Morgan fingerprint density at radius 1 is 1.43 bits per heavy atom. The van der Waals surface area contributed by atoms with E-state index in [4.69, 9.17) is 9.51 Å². The van der Waals surface area contributed by atoms with Gasteiger partial charge in [0.2, 0.25) is 5.91 Å². The fourth-order valence-corrected chi connectivity index (χ4v) is 5.06. The third-order valence-corrected chi connectivity index (χ3v) is 6.53. The molecule has 3 aromatic rings. The van der Waals surface area contributed by atoms with Gasteiger partial charge in [0.25, 0.3) is 0 Å². The van der Waals surface area contributed by atoms with E-state index in [0.29, 0.717) is 0 Å². The molecule has 0 aromatic carbocycles. The van der Waals surface area contributed by atoms with E-state index in [0.717, 1.165) is 66.5 Å². The van der Waals surface area contributed by atoms with Crippen LogP contribution in [0.3, 0.4) is 0 Å². The third kappa shape index (κ3) is 3.73. The zero-order valence-corrected chi connectivity index (χ0v) is 17.3. The highest BCUT2D eigenvalue weighted by Crippen LogP contribution is 2.37. The van der Waals surface area contributed by atoms with E-state index in [1.807, 2.05) is 42.7 Å². The summed E-state index contributed by atoms with van der Waals surface area (Å²) in [6, 6.07) is 1.92. The normalized spacial score (nSPS) is 16.2. The Morgan fingerprint density at radius 3 is 3.00 bits per heavy atom. The van der Waals surface area contributed by atoms with E-state index < -0.39 is 0 Å². The maximum atomic E-state index is 12.9. The first kappa shape index (κ1) is 18.9. The predicted octanol–water partition coefficient (Wildman–Crippen LogP) is 3.27. The van der Waals surface area contributed by atoms with Gasteiger partial charge in [-0.2, -0.15) is 5.10 Å². The van der Waals surface area contributed by atoms with Gasteiger partial charge in [-0.15, -0.1) is 11.3 Å². The molecular formula is C20H25N5O2S. The van der Waals surface area contributed by atoms with Gasteiger partial charge in [-0.25, -0.2) is 4.98 Å². The predicted molar refractivity (Wildman–Crippen MR) is 107 cm³/mol. The zero-order valence-electron chi connectivity index (χ0n) is 16.5. The average Bonchev–Trinajstić information content (AvgIpc) is 3.40. The molecule has 1 aliphatic rings. The first-order valence-corrected chi connectivity index (χ1v) is 10.5. The lowest BCUT2D eigenvalue weighted by Gasteiger charge is -2.26. The summed E-state index contributed by atoms with van der Waals surface area (Å²) in [6.07, 6.45) is 7.14. The number of nitrogens with zero attached hydrogens (tertiary/aromatic N) is 5. The lowest BCUT2D eigenvalue weighted by molar-refractivity contribution is -0.134. The summed E-state index contributed by atoms with van der Waals surface area (Å²) in [5, 5.41) is 9.20. The molecule has 3 aromatic heterocycles. The van der Waals surface area contributed by atoms with E-state index in [1.165, 1.54) is 4.88 Å². The first-order chi connectivity index (χ1) is 13.5. The van der Waals surface area contributed by atoms with Crippen LogP contribution in [-0.4, -0.2) is 44.3 Å². The summed E-state index contributed by atoms with van der Waals surface area (Å²) in [5.41, 5.74) is 2.93. The standard InChI is InChI=1S/C20H25N5O2S/c1-13-18(14(2)27-23-13)19-22-16-12-15(6-7-17(16)28-19)20(26)24(3)9-5-11-25-10-4-8-21-25/h4,8,10,15H,5-7,9,11-12H2,1-3H3. The summed E-state index contributed by atoms with van der Waals surface area (Å²) in [7, 11) is 1.90. The summed E-state index contributed by atoms with van der Waals surface area (Å²) < 4.78 is 7.19. The van der Waals surface area contributed by atoms with Crippen LogP contribution in [0.2, 0.25) is 0 Å². The highest BCUT2D eigenvalue weighted by atomic mass is 32.1. The van der Waals surface area contributed by atoms with Gasteiger partial charge in [0, 0.05) is 49.7 Å². The maximum absolute atomic E-state index is 12.9. The molecular weight excluding hydrogens is 374 g/mol. The van der Waals surface area contributed by atoms with Gasteiger partial charge in [0.15, 0.2) is 0 Å². The van der Waals surface area contributed by atoms with Crippen molar-refractivity contribution in [3.63, 3.8) is 0 Å². The van der Waals surface area contributed by atoms with Gasteiger partial charge >= 0.3 is 0 Å². The molecule has 3 heterocycles. The van der Waals surface area contributed by atoms with Crippen LogP contribution < -0.4 is 0 Å². The van der Waals surface area contributed by atoms with E-state index in [-0.39, 0.29) is 11.8 Å². The van der Waals surface area contributed by atoms with E-state index in [9.17, 15) is 4.79 Å². The van der Waals surface area contributed by atoms with Crippen molar-refractivity contribution in [1.29, 1.82) is 0 Å². The van der Waals surface area contributed by atoms with Crippen LogP contribution in [0.15, 0.2) is 23.0 Å². The topological polar surface area (TPSA) is 77.0 Å². The number of hydrogen-bond acceptors (Lipinski definition) is 6. The van der Waals surface area contributed by atoms with Crippen molar-refractivity contribution < 1.29 is 9.32 Å². The molecule has 0 N–H and O–H groups in total. The monoisotopic (exact) mass is 399 g/mol. The average molecular weight is 400 g/mol. The van der Waals surface area contributed by atoms with Gasteiger partial charge in [-0.3, -0.25) is 9.48 Å². The smallest absolute Gasteiger partial charge is 0.225 e. The fraction of sp³-hybridized carbons (Fsp3) is 0.500. The highest BCUT2D eigenvalue weighted by molar-refractivity contribution is 7.15. The first-order valence-electron chi connectivity index (χ1n) is 9.67. The molecule has 0 saturated heterocycles. The van der Waals surface area contributed by atoms with Gasteiger partial charge < -0.3 is 9.42 Å². The number of carbonyl (C=O) groups excluding carboxylic acids is 1. The molecule has 1 aliphatic carbocycles. The van der Waals surface area contributed by atoms with Crippen LogP contribution in [0.25, 0.3) is 10.6 Å². The molecule has 0 aliphatic heterocycles. The Labute approximate surface area is 168 Å². The molecule has 0 radical (unpaired) electrons. The Kier molecular flexibility index (Phi) is 5.30. The van der Waals surface area contributed by atoms with Gasteiger partial charge in [0.05, 0.1) is 17.0 Å². The van der Waals surface area contributed by atoms with Crippen molar-refractivity contribution in [3.05, 3.63) is 40.5 Å². The number of aromatic nitrogens is 4. The van der Waals surface area contributed by atoms with Crippen molar-refractivity contribution in [2.24, 2.45) is 5.92 Å². The zero-order chi connectivity index (χ0) is 19.7. The van der Waals surface area contributed by atoms with Crippen molar-refractivity contribution in [2.45, 2.75) is 46.1 Å². The second-order valence-electron chi connectivity index (χ2n) is 7.41. The fourth-order valence-electron chi connectivity index (χ4n) is 3.81. The van der Waals surface area contributed by atoms with E-state index in [1.54, 1.807) is 17.5 Å². The van der Waals surface area contributed by atoms with Gasteiger partial charge in [0.1, 0.15) is 10.8 Å². The molecule has 8 heteroatoms. The lowest BCUT2D eigenvalue weighted by atomic mass is 9.90. The SMILES string of the molecule is Cc1noc(C)c1-c1nc2c(s1)CCC(C(=O)N(C)CCCn1cccn1)C2. The summed E-state index contributed by atoms with van der Waals surface area (Å²) in [6.45, 7) is 5.42. The number of amides is 1. The molecule has 0 bridgehead atoms. The Balaban J connectivity index is 1.38. The summed E-state index contributed by atoms with van der Waals surface area (Å²) in [5.74, 6) is 1.04. The third-order valence-electron chi connectivity index (χ3n) is 5.35. The Bertz CT molecular complexity index is 940. The van der Waals surface area contributed by atoms with Crippen molar-refractivity contribution in [3.8, 4) is 10.6 Å². The van der Waals surface area contributed by atoms with Crippen LogP contribution in [-0.2, 0) is 24.2 Å². The number of thiazole rings is 1. The largest absolute Gasteiger partial charge is 0.361 e. The summed E-state index contributed by atoms with van der Waals surface area (Å²) >= 11 is 1.71. The highest BCUT2D eigenvalue weighted by Gasteiger charge is 2.30. The molecule has 0 fully saturated rings. The minimum Gasteiger partial charge on any atom is -0.361 e. The molecule has 28 heavy (non-hydrogen) atoms. The minimum absolute atomic E-state index is 0.0156. The molecule has 4 rings (SSSR count). The molecule has 148 valence electrons. The van der Waals surface area contributed by atoms with Crippen molar-refractivity contribution in [1.82, 2.24) is 24.8 Å². The van der Waals surface area contributed by atoms with Crippen molar-refractivity contribution in [2.75, 3.05) is 13.6 Å². The van der Waals surface area contributed by atoms with Gasteiger partial charge in [-0.05, 0) is 39.2 Å². The number of rotatable bonds is 6. The molecule has 7 nitrogen and oxygen atoms in total.